The van der Waals surface area contributed by atoms with Gasteiger partial charge in [-0.2, -0.15) is 0 Å². The molecule has 1 fully saturated rings. The number of fused-ring (bicyclic) bond motifs is 1. The van der Waals surface area contributed by atoms with Crippen LogP contribution in [0.4, 0.5) is 5.69 Å². The number of hydrogen-bond acceptors (Lipinski definition) is 1. The number of allylic oxidation sites excluding steroid dienone is 2. The summed E-state index contributed by atoms with van der Waals surface area (Å²) in [5.41, 5.74) is 0.831. The molecule has 0 saturated heterocycles. The molecule has 3 heteroatoms. The summed E-state index contributed by atoms with van der Waals surface area (Å²) in [4.78, 5) is 12.3. The summed E-state index contributed by atoms with van der Waals surface area (Å²) in [5, 5.41) is 3.69. The van der Waals surface area contributed by atoms with Gasteiger partial charge in [-0.25, -0.2) is 0 Å². The van der Waals surface area contributed by atoms with Crippen LogP contribution in [-0.4, -0.2) is 5.91 Å². The number of anilines is 1. The number of amides is 1. The van der Waals surface area contributed by atoms with Gasteiger partial charge in [-0.1, -0.05) is 30.2 Å². The molecule has 1 N–H and O–H groups in total. The Labute approximate surface area is 118 Å². The maximum absolute atomic E-state index is 12.3. The first-order valence-corrected chi connectivity index (χ1v) is 7.36. The second-order valence-corrected chi connectivity index (χ2v) is 5.91. The predicted molar refractivity (Wildman–Crippen MR) is 78.2 cm³/mol. The minimum absolute atomic E-state index is 0.156. The lowest BCUT2D eigenvalue weighted by Crippen LogP contribution is -2.15. The van der Waals surface area contributed by atoms with Gasteiger partial charge in [0.1, 0.15) is 0 Å². The first kappa shape index (κ1) is 12.7. The first-order chi connectivity index (χ1) is 9.25. The van der Waals surface area contributed by atoms with Crippen LogP contribution in [0.15, 0.2) is 36.4 Å². The molecule has 0 bridgehead atoms. The lowest BCUT2D eigenvalue weighted by atomic mass is 10.1. The molecule has 1 aromatic rings. The second kappa shape index (κ2) is 5.38. The average molecular weight is 276 g/mol. The average Bonchev–Trinajstić information content (AvgIpc) is 3.03. The Morgan fingerprint density at radius 3 is 2.79 bits per heavy atom. The fraction of sp³-hybridized carbons (Fsp3) is 0.438. The predicted octanol–water partition coefficient (Wildman–Crippen LogP) is 4.27. The Bertz CT molecular complexity index is 494. The second-order valence-electron chi connectivity index (χ2n) is 5.48. The van der Waals surface area contributed by atoms with E-state index in [9.17, 15) is 4.79 Å². The van der Waals surface area contributed by atoms with E-state index in [4.69, 9.17) is 11.6 Å². The Kier molecular flexibility index (Phi) is 3.61. The first-order valence-electron chi connectivity index (χ1n) is 6.99. The van der Waals surface area contributed by atoms with E-state index in [2.05, 4.69) is 17.5 Å². The van der Waals surface area contributed by atoms with E-state index in [-0.39, 0.29) is 11.8 Å². The molecule has 0 heterocycles. The quantitative estimate of drug-likeness (QED) is 0.803. The van der Waals surface area contributed by atoms with Crippen LogP contribution < -0.4 is 5.32 Å². The van der Waals surface area contributed by atoms with Gasteiger partial charge in [-0.05, 0) is 55.4 Å². The number of benzene rings is 1. The van der Waals surface area contributed by atoms with Crippen LogP contribution in [0.2, 0.25) is 5.02 Å². The minimum Gasteiger partial charge on any atom is -0.326 e. The van der Waals surface area contributed by atoms with E-state index in [0.717, 1.165) is 12.1 Å². The molecule has 1 amide bonds. The zero-order valence-electron chi connectivity index (χ0n) is 10.8. The molecule has 2 aliphatic carbocycles. The van der Waals surface area contributed by atoms with Crippen LogP contribution in [0.5, 0.6) is 0 Å². The van der Waals surface area contributed by atoms with Gasteiger partial charge in [0.05, 0.1) is 0 Å². The summed E-state index contributed by atoms with van der Waals surface area (Å²) in [7, 11) is 0. The highest BCUT2D eigenvalue weighted by Crippen LogP contribution is 2.51. The highest BCUT2D eigenvalue weighted by atomic mass is 35.5. The molecule has 2 aliphatic rings. The number of halogens is 1. The van der Waals surface area contributed by atoms with Crippen LogP contribution in [0, 0.1) is 17.8 Å². The van der Waals surface area contributed by atoms with Gasteiger partial charge in [-0.15, -0.1) is 0 Å². The smallest absolute Gasteiger partial charge is 0.228 e. The normalized spacial score (nSPS) is 29.0. The molecule has 3 atom stereocenters. The Morgan fingerprint density at radius 1 is 1.21 bits per heavy atom. The summed E-state index contributed by atoms with van der Waals surface area (Å²) in [6.07, 6.45) is 9.34. The van der Waals surface area contributed by atoms with Crippen LogP contribution >= 0.6 is 11.6 Å². The summed E-state index contributed by atoms with van der Waals surface area (Å²) in [6.45, 7) is 0. The van der Waals surface area contributed by atoms with Crippen LogP contribution in [0.3, 0.4) is 0 Å². The van der Waals surface area contributed by atoms with Gasteiger partial charge in [0.25, 0.3) is 0 Å². The molecule has 19 heavy (non-hydrogen) atoms. The molecular formula is C16H18ClNO. The number of carbonyl (C=O) groups is 1. The van der Waals surface area contributed by atoms with Gasteiger partial charge in [-0.3, -0.25) is 4.79 Å². The van der Waals surface area contributed by atoms with E-state index < -0.39 is 0 Å². The fourth-order valence-corrected chi connectivity index (χ4v) is 3.18. The topological polar surface area (TPSA) is 29.1 Å². The van der Waals surface area contributed by atoms with Gasteiger partial charge >= 0.3 is 0 Å². The molecule has 2 nitrogen and oxygen atoms in total. The minimum atomic E-state index is 0.156. The van der Waals surface area contributed by atoms with Gasteiger partial charge in [0.2, 0.25) is 5.91 Å². The van der Waals surface area contributed by atoms with Crippen molar-refractivity contribution in [2.24, 2.45) is 17.8 Å². The molecular weight excluding hydrogens is 258 g/mol. The molecule has 0 radical (unpaired) electrons. The van der Waals surface area contributed by atoms with E-state index in [1.54, 1.807) is 12.1 Å². The monoisotopic (exact) mass is 275 g/mol. The van der Waals surface area contributed by atoms with E-state index in [0.29, 0.717) is 16.9 Å². The van der Waals surface area contributed by atoms with E-state index in [1.165, 1.54) is 19.3 Å². The summed E-state index contributed by atoms with van der Waals surface area (Å²) < 4.78 is 0. The lowest BCUT2D eigenvalue weighted by Gasteiger charge is -2.04. The SMILES string of the molecule is O=C(Nc1ccc(Cl)cc1)[C@@H]1[C@@H]2C=CCCCC[C@@H]21. The maximum atomic E-state index is 12.3. The summed E-state index contributed by atoms with van der Waals surface area (Å²) in [6, 6.07) is 7.29. The zero-order valence-corrected chi connectivity index (χ0v) is 11.6. The number of hydrogen-bond donors (Lipinski definition) is 1. The molecule has 0 unspecified atom stereocenters. The lowest BCUT2D eigenvalue weighted by molar-refractivity contribution is -0.117. The molecule has 0 aromatic heterocycles. The van der Waals surface area contributed by atoms with Crippen LogP contribution in [-0.2, 0) is 4.79 Å². The fourth-order valence-electron chi connectivity index (χ4n) is 3.06. The number of nitrogens with one attached hydrogen (secondary N) is 1. The third kappa shape index (κ3) is 2.84. The van der Waals surface area contributed by atoms with Crippen molar-refractivity contribution in [1.82, 2.24) is 0 Å². The van der Waals surface area contributed by atoms with Crippen LogP contribution in [0.25, 0.3) is 0 Å². The Balaban J connectivity index is 1.64. The number of carbonyl (C=O) groups excluding carboxylic acids is 1. The van der Waals surface area contributed by atoms with Crippen molar-refractivity contribution in [3.05, 3.63) is 41.4 Å². The van der Waals surface area contributed by atoms with Crippen molar-refractivity contribution in [3.63, 3.8) is 0 Å². The Morgan fingerprint density at radius 2 is 2.00 bits per heavy atom. The maximum Gasteiger partial charge on any atom is 0.228 e. The molecule has 1 saturated carbocycles. The van der Waals surface area contributed by atoms with Crippen molar-refractivity contribution in [2.45, 2.75) is 25.7 Å². The summed E-state index contributed by atoms with van der Waals surface area (Å²) >= 11 is 5.84. The largest absolute Gasteiger partial charge is 0.326 e. The van der Waals surface area contributed by atoms with Crippen molar-refractivity contribution >= 4 is 23.2 Å². The van der Waals surface area contributed by atoms with E-state index in [1.807, 2.05) is 12.1 Å². The van der Waals surface area contributed by atoms with Crippen molar-refractivity contribution in [1.29, 1.82) is 0 Å². The van der Waals surface area contributed by atoms with Gasteiger partial charge in [0.15, 0.2) is 0 Å². The summed E-state index contributed by atoms with van der Waals surface area (Å²) in [5.74, 6) is 1.35. The molecule has 1 aromatic carbocycles. The van der Waals surface area contributed by atoms with E-state index >= 15 is 0 Å². The molecule has 0 spiro atoms. The third-order valence-corrected chi connectivity index (χ3v) is 4.41. The van der Waals surface area contributed by atoms with Gasteiger partial charge < -0.3 is 5.32 Å². The number of rotatable bonds is 2. The van der Waals surface area contributed by atoms with Gasteiger partial charge in [0, 0.05) is 16.6 Å². The van der Waals surface area contributed by atoms with Crippen molar-refractivity contribution in [3.8, 4) is 0 Å². The van der Waals surface area contributed by atoms with Crippen molar-refractivity contribution in [2.75, 3.05) is 5.32 Å². The standard InChI is InChI=1S/C16H18ClNO/c17-11-7-9-12(10-8-11)18-16(19)15-13-5-3-1-2-4-6-14(13)15/h3,5,7-10,13-15H,1-2,4,6H2,(H,18,19)/t13-,14+,15-/m1/s1. The molecule has 3 rings (SSSR count). The third-order valence-electron chi connectivity index (χ3n) is 4.16. The van der Waals surface area contributed by atoms with Crippen LogP contribution in [0.1, 0.15) is 25.7 Å². The highest BCUT2D eigenvalue weighted by Gasteiger charge is 2.52. The Hall–Kier alpha value is -1.28. The van der Waals surface area contributed by atoms with Crippen molar-refractivity contribution < 1.29 is 4.79 Å². The highest BCUT2D eigenvalue weighted by molar-refractivity contribution is 6.30. The zero-order chi connectivity index (χ0) is 13.2. The molecule has 0 aliphatic heterocycles. The molecule has 100 valence electrons.